The van der Waals surface area contributed by atoms with Crippen LogP contribution in [0.2, 0.25) is 0 Å². The molecule has 1 aromatic heterocycles. The summed E-state index contributed by atoms with van der Waals surface area (Å²) in [5.74, 6) is -0.0428. The van der Waals surface area contributed by atoms with Crippen molar-refractivity contribution in [2.45, 2.75) is 44.7 Å². The Morgan fingerprint density at radius 3 is 2.31 bits per heavy atom. The van der Waals surface area contributed by atoms with Crippen LogP contribution in [0.1, 0.15) is 37.0 Å². The number of aromatic nitrogens is 2. The summed E-state index contributed by atoms with van der Waals surface area (Å²) in [6, 6.07) is 16.7. The number of hydrogen-bond donors (Lipinski definition) is 1. The molecule has 0 aliphatic heterocycles. The zero-order chi connectivity index (χ0) is 23.0. The van der Waals surface area contributed by atoms with Gasteiger partial charge in [-0.2, -0.15) is 9.40 Å². The van der Waals surface area contributed by atoms with Gasteiger partial charge in [0, 0.05) is 38.4 Å². The zero-order valence-corrected chi connectivity index (χ0v) is 19.4. The Labute approximate surface area is 190 Å². The van der Waals surface area contributed by atoms with Crippen molar-refractivity contribution in [1.82, 2.24) is 19.4 Å². The molecule has 3 aromatic rings. The summed E-state index contributed by atoms with van der Waals surface area (Å²) in [6.07, 6.45) is 4.54. The first-order valence-corrected chi connectivity index (χ1v) is 12.3. The largest absolute Gasteiger partial charge is 0.352 e. The smallest absolute Gasteiger partial charge is 0.243 e. The van der Waals surface area contributed by atoms with Gasteiger partial charge in [-0.05, 0) is 41.3 Å². The lowest BCUT2D eigenvalue weighted by atomic mass is 10.1. The Bertz CT molecular complexity index is 1110. The van der Waals surface area contributed by atoms with Crippen LogP contribution in [-0.4, -0.2) is 41.5 Å². The van der Waals surface area contributed by atoms with Crippen LogP contribution in [0.15, 0.2) is 71.9 Å². The first kappa shape index (κ1) is 23.7. The molecule has 7 nitrogen and oxygen atoms in total. The molecule has 0 saturated carbocycles. The molecule has 32 heavy (non-hydrogen) atoms. The number of nitrogens with zero attached hydrogens (tertiary/aromatic N) is 3. The highest BCUT2D eigenvalue weighted by Crippen LogP contribution is 2.17. The topological polar surface area (TPSA) is 84.3 Å². The molecule has 0 radical (unpaired) electrons. The third-order valence-corrected chi connectivity index (χ3v) is 7.46. The molecule has 0 bridgehead atoms. The maximum absolute atomic E-state index is 12.6. The first-order chi connectivity index (χ1) is 15.4. The minimum atomic E-state index is -3.46. The van der Waals surface area contributed by atoms with E-state index in [9.17, 15) is 13.2 Å². The molecule has 1 heterocycles. The molecule has 3 rings (SSSR count). The number of amides is 1. The van der Waals surface area contributed by atoms with Crippen LogP contribution >= 0.6 is 0 Å². The van der Waals surface area contributed by atoms with Crippen molar-refractivity contribution in [3.63, 3.8) is 0 Å². The van der Waals surface area contributed by atoms with Crippen LogP contribution < -0.4 is 5.32 Å². The summed E-state index contributed by atoms with van der Waals surface area (Å²) in [6.45, 7) is 5.63. The fraction of sp³-hybridized carbons (Fsp3) is 0.333. The maximum Gasteiger partial charge on any atom is 0.243 e. The van der Waals surface area contributed by atoms with Crippen molar-refractivity contribution in [2.24, 2.45) is 0 Å². The molecule has 8 heteroatoms. The summed E-state index contributed by atoms with van der Waals surface area (Å²) < 4.78 is 28.4. The minimum Gasteiger partial charge on any atom is -0.352 e. The van der Waals surface area contributed by atoms with Gasteiger partial charge in [0.2, 0.25) is 15.9 Å². The van der Waals surface area contributed by atoms with Gasteiger partial charge in [-0.25, -0.2) is 8.42 Å². The lowest BCUT2D eigenvalue weighted by Gasteiger charge is -2.18. The monoisotopic (exact) mass is 454 g/mol. The van der Waals surface area contributed by atoms with Crippen molar-refractivity contribution in [1.29, 1.82) is 0 Å². The standard InChI is InChI=1S/C24H30N4O3S/c1-3-28(4-2)32(30,31)23-13-10-20(11-14-23)12-15-24(29)25-18-21-8-5-6-9-22(21)19-27-17-7-16-26-27/h5-11,13-14,16-17H,3-4,12,15,18-19H2,1-2H3,(H,25,29). The lowest BCUT2D eigenvalue weighted by molar-refractivity contribution is -0.121. The fourth-order valence-electron chi connectivity index (χ4n) is 3.53. The Morgan fingerprint density at radius 1 is 1.00 bits per heavy atom. The Balaban J connectivity index is 1.53. The lowest BCUT2D eigenvalue weighted by Crippen LogP contribution is -2.30. The predicted octanol–water partition coefficient (Wildman–Crippen LogP) is 3.21. The molecule has 0 atom stereocenters. The van der Waals surface area contributed by atoms with Crippen LogP contribution in [-0.2, 0) is 34.3 Å². The maximum atomic E-state index is 12.6. The van der Waals surface area contributed by atoms with Crippen molar-refractivity contribution in [3.8, 4) is 0 Å². The van der Waals surface area contributed by atoms with Crippen LogP contribution in [0, 0.1) is 0 Å². The van der Waals surface area contributed by atoms with Gasteiger partial charge in [-0.15, -0.1) is 0 Å². The Morgan fingerprint density at radius 2 is 1.69 bits per heavy atom. The first-order valence-electron chi connectivity index (χ1n) is 10.8. The van der Waals surface area contributed by atoms with Crippen LogP contribution in [0.4, 0.5) is 0 Å². The summed E-state index contributed by atoms with van der Waals surface area (Å²) in [7, 11) is -3.46. The van der Waals surface area contributed by atoms with Crippen LogP contribution in [0.25, 0.3) is 0 Å². The van der Waals surface area contributed by atoms with Gasteiger partial charge in [0.1, 0.15) is 0 Å². The van der Waals surface area contributed by atoms with E-state index >= 15 is 0 Å². The summed E-state index contributed by atoms with van der Waals surface area (Å²) >= 11 is 0. The molecular formula is C24H30N4O3S. The van der Waals surface area contributed by atoms with E-state index in [1.54, 1.807) is 30.5 Å². The van der Waals surface area contributed by atoms with E-state index in [0.717, 1.165) is 16.7 Å². The molecule has 0 spiro atoms. The third-order valence-electron chi connectivity index (χ3n) is 5.39. The van der Waals surface area contributed by atoms with E-state index in [4.69, 9.17) is 0 Å². The fourth-order valence-corrected chi connectivity index (χ4v) is 4.99. The van der Waals surface area contributed by atoms with Gasteiger partial charge in [0.15, 0.2) is 0 Å². The molecular weight excluding hydrogens is 424 g/mol. The predicted molar refractivity (Wildman–Crippen MR) is 124 cm³/mol. The Kier molecular flexibility index (Phi) is 8.19. The van der Waals surface area contributed by atoms with E-state index in [1.807, 2.05) is 55.1 Å². The van der Waals surface area contributed by atoms with Gasteiger partial charge < -0.3 is 5.32 Å². The zero-order valence-electron chi connectivity index (χ0n) is 18.6. The van der Waals surface area contributed by atoms with Gasteiger partial charge in [0.05, 0.1) is 11.4 Å². The van der Waals surface area contributed by atoms with E-state index in [1.165, 1.54) is 4.31 Å². The van der Waals surface area contributed by atoms with Gasteiger partial charge >= 0.3 is 0 Å². The van der Waals surface area contributed by atoms with E-state index < -0.39 is 10.0 Å². The molecule has 0 aliphatic rings. The second kappa shape index (κ2) is 11.1. The van der Waals surface area contributed by atoms with Crippen molar-refractivity contribution in [3.05, 3.63) is 83.7 Å². The molecule has 0 unspecified atom stereocenters. The summed E-state index contributed by atoms with van der Waals surface area (Å²) in [4.78, 5) is 12.7. The summed E-state index contributed by atoms with van der Waals surface area (Å²) in [5.41, 5.74) is 3.10. The highest BCUT2D eigenvalue weighted by molar-refractivity contribution is 7.89. The summed E-state index contributed by atoms with van der Waals surface area (Å²) in [5, 5.41) is 7.22. The number of carbonyl (C=O) groups excluding carboxylic acids is 1. The number of carbonyl (C=O) groups is 1. The van der Waals surface area contributed by atoms with Gasteiger partial charge in [-0.1, -0.05) is 50.2 Å². The van der Waals surface area contributed by atoms with E-state index in [0.29, 0.717) is 39.0 Å². The van der Waals surface area contributed by atoms with Crippen LogP contribution in [0.5, 0.6) is 0 Å². The molecule has 0 saturated heterocycles. The van der Waals surface area contributed by atoms with Crippen molar-refractivity contribution in [2.75, 3.05) is 13.1 Å². The second-order valence-electron chi connectivity index (χ2n) is 7.48. The molecule has 1 amide bonds. The van der Waals surface area contributed by atoms with E-state index in [-0.39, 0.29) is 10.8 Å². The number of aryl methyl sites for hydroxylation is 1. The average Bonchev–Trinajstić information content (AvgIpc) is 3.31. The third kappa shape index (κ3) is 6.05. The molecule has 0 fully saturated rings. The van der Waals surface area contributed by atoms with Crippen LogP contribution in [0.3, 0.4) is 0 Å². The molecule has 170 valence electrons. The Hall–Kier alpha value is -2.97. The highest BCUT2D eigenvalue weighted by atomic mass is 32.2. The number of hydrogen-bond acceptors (Lipinski definition) is 4. The van der Waals surface area contributed by atoms with Crippen molar-refractivity contribution < 1.29 is 13.2 Å². The quantitative estimate of drug-likeness (QED) is 0.482. The van der Waals surface area contributed by atoms with Gasteiger partial charge in [0.25, 0.3) is 0 Å². The number of rotatable bonds is 11. The molecule has 1 N–H and O–H groups in total. The SMILES string of the molecule is CCN(CC)S(=O)(=O)c1ccc(CCC(=O)NCc2ccccc2Cn2cccn2)cc1. The number of nitrogens with one attached hydrogen (secondary N) is 1. The minimum absolute atomic E-state index is 0.0428. The van der Waals surface area contributed by atoms with Gasteiger partial charge in [-0.3, -0.25) is 9.48 Å². The molecule has 0 aliphatic carbocycles. The molecule has 2 aromatic carbocycles. The van der Waals surface area contributed by atoms with Crippen molar-refractivity contribution >= 4 is 15.9 Å². The van der Waals surface area contributed by atoms with E-state index in [2.05, 4.69) is 10.4 Å². The normalized spacial score (nSPS) is 11.6. The number of sulfonamides is 1. The number of benzene rings is 2. The second-order valence-corrected chi connectivity index (χ2v) is 9.42. The highest BCUT2D eigenvalue weighted by Gasteiger charge is 2.21. The average molecular weight is 455 g/mol.